The van der Waals surface area contributed by atoms with E-state index < -0.39 is 11.7 Å². The van der Waals surface area contributed by atoms with Gasteiger partial charge in [-0.25, -0.2) is 0 Å². The molecule has 0 bridgehead atoms. The number of hydrogen-bond donors (Lipinski definition) is 0. The van der Waals surface area contributed by atoms with Crippen molar-refractivity contribution in [2.24, 2.45) is 0 Å². The van der Waals surface area contributed by atoms with Gasteiger partial charge in [-0.2, -0.15) is 23.7 Å². The van der Waals surface area contributed by atoms with E-state index in [1.54, 1.807) is 12.1 Å². The molecule has 10 rings (SSSR count). The largest absolute Gasteiger partial charge is 0.417 e. The van der Waals surface area contributed by atoms with E-state index in [4.69, 9.17) is 0 Å². The lowest BCUT2D eigenvalue weighted by Gasteiger charge is -2.23. The summed E-state index contributed by atoms with van der Waals surface area (Å²) in [5.41, 5.74) is 7.28. The third-order valence-corrected chi connectivity index (χ3v) is 11.0. The Morgan fingerprint density at radius 1 is 0.397 bits per heavy atom. The fourth-order valence-electron chi connectivity index (χ4n) is 8.46. The molecule has 0 unspecified atom stereocenters. The van der Waals surface area contributed by atoms with Crippen molar-refractivity contribution in [3.05, 3.63) is 193 Å². The first-order valence-corrected chi connectivity index (χ1v) is 18.7. The summed E-state index contributed by atoms with van der Waals surface area (Å²) >= 11 is 0. The van der Waals surface area contributed by atoms with Gasteiger partial charge in [0.15, 0.2) is 0 Å². The summed E-state index contributed by atoms with van der Waals surface area (Å²) < 4.78 is 50.1. The summed E-state index contributed by atoms with van der Waals surface area (Å²) in [6, 6.07) is 59.2. The molecule has 0 atom stereocenters. The Labute approximate surface area is 331 Å². The average Bonchev–Trinajstić information content (AvgIpc) is 3.78. The summed E-state index contributed by atoms with van der Waals surface area (Å²) in [6.45, 7) is 0. The predicted molar refractivity (Wildman–Crippen MR) is 226 cm³/mol. The number of benzene rings is 8. The molecule has 0 radical (unpaired) electrons. The quantitative estimate of drug-likeness (QED) is 0.176. The zero-order valence-corrected chi connectivity index (χ0v) is 30.7. The van der Waals surface area contributed by atoms with Crippen LogP contribution < -0.4 is 0 Å². The molecule has 0 aliphatic heterocycles. The van der Waals surface area contributed by atoms with Gasteiger partial charge in [0, 0.05) is 27.1 Å². The molecule has 0 aliphatic carbocycles. The highest BCUT2D eigenvalue weighted by Gasteiger charge is 2.36. The standard InChI is InChI=1S/C51H29F3N4/c52-51(53,54)43-25-32(30-55)19-22-40(43)50-48(57-44-17-9-7-15-38(44)41-28-36(20-23-46(41)57)34-11-3-1-4-12-34)26-33(31-56)27-49(50)58-45-18-10-8-16-39(45)42-29-37(21-24-47(42)58)35-13-5-2-6-14-35/h1-29H. The molecule has 10 aromatic rings. The van der Waals surface area contributed by atoms with Crippen molar-refractivity contribution in [3.63, 3.8) is 0 Å². The summed E-state index contributed by atoms with van der Waals surface area (Å²) in [7, 11) is 0. The van der Waals surface area contributed by atoms with Gasteiger partial charge in [-0.15, -0.1) is 0 Å². The molecule has 0 fully saturated rings. The highest BCUT2D eigenvalue weighted by atomic mass is 19.4. The highest BCUT2D eigenvalue weighted by molar-refractivity contribution is 6.13. The van der Waals surface area contributed by atoms with Crippen molar-refractivity contribution >= 4 is 43.6 Å². The zero-order chi connectivity index (χ0) is 39.5. The Morgan fingerprint density at radius 2 is 0.845 bits per heavy atom. The topological polar surface area (TPSA) is 57.4 Å². The lowest BCUT2D eigenvalue weighted by Crippen LogP contribution is -2.11. The Balaban J connectivity index is 1.37. The normalized spacial score (nSPS) is 11.7. The van der Waals surface area contributed by atoms with Gasteiger partial charge in [-0.3, -0.25) is 0 Å². The Morgan fingerprint density at radius 3 is 1.31 bits per heavy atom. The fraction of sp³-hybridized carbons (Fsp3) is 0.0196. The second-order valence-corrected chi connectivity index (χ2v) is 14.3. The zero-order valence-electron chi connectivity index (χ0n) is 30.7. The molecule has 274 valence electrons. The van der Waals surface area contributed by atoms with Gasteiger partial charge >= 0.3 is 6.18 Å². The van der Waals surface area contributed by atoms with Crippen molar-refractivity contribution < 1.29 is 13.2 Å². The van der Waals surface area contributed by atoms with Gasteiger partial charge in [0.25, 0.3) is 0 Å². The van der Waals surface area contributed by atoms with E-state index in [1.807, 2.05) is 149 Å². The number of nitrogens with zero attached hydrogens (tertiary/aromatic N) is 4. The van der Waals surface area contributed by atoms with Crippen molar-refractivity contribution in [2.75, 3.05) is 0 Å². The summed E-state index contributed by atoms with van der Waals surface area (Å²) in [4.78, 5) is 0. The van der Waals surface area contributed by atoms with Gasteiger partial charge in [-0.05, 0) is 88.5 Å². The van der Waals surface area contributed by atoms with Crippen LogP contribution in [0.5, 0.6) is 0 Å². The van der Waals surface area contributed by atoms with E-state index in [2.05, 4.69) is 18.2 Å². The lowest BCUT2D eigenvalue weighted by molar-refractivity contribution is -0.137. The van der Waals surface area contributed by atoms with Gasteiger partial charge in [0.1, 0.15) is 0 Å². The molecule has 2 heterocycles. The summed E-state index contributed by atoms with van der Waals surface area (Å²) in [5.74, 6) is 0. The minimum atomic E-state index is -4.82. The second kappa shape index (κ2) is 13.4. The smallest absolute Gasteiger partial charge is 0.308 e. The first kappa shape index (κ1) is 34.6. The predicted octanol–water partition coefficient (Wildman–Crippen LogP) is 13.6. The molecular formula is C51H29F3N4. The third kappa shape index (κ3) is 5.52. The fourth-order valence-corrected chi connectivity index (χ4v) is 8.46. The molecule has 0 aliphatic rings. The van der Waals surface area contributed by atoms with Crippen molar-refractivity contribution in [1.82, 2.24) is 9.13 Å². The Kier molecular flexibility index (Phi) is 8.00. The molecule has 7 heteroatoms. The van der Waals surface area contributed by atoms with E-state index in [0.717, 1.165) is 71.9 Å². The molecule has 0 N–H and O–H groups in total. The Bertz CT molecular complexity index is 3160. The van der Waals surface area contributed by atoms with E-state index in [9.17, 15) is 10.5 Å². The minimum absolute atomic E-state index is 0.108. The lowest BCUT2D eigenvalue weighted by atomic mass is 9.92. The van der Waals surface area contributed by atoms with E-state index in [-0.39, 0.29) is 22.3 Å². The molecule has 8 aromatic carbocycles. The van der Waals surface area contributed by atoms with Crippen molar-refractivity contribution in [2.45, 2.75) is 6.18 Å². The third-order valence-electron chi connectivity index (χ3n) is 11.0. The van der Waals surface area contributed by atoms with Crippen LogP contribution in [0.3, 0.4) is 0 Å². The van der Waals surface area contributed by atoms with E-state index in [0.29, 0.717) is 11.4 Å². The molecule has 58 heavy (non-hydrogen) atoms. The summed E-state index contributed by atoms with van der Waals surface area (Å²) in [6.07, 6.45) is -4.82. The second-order valence-electron chi connectivity index (χ2n) is 14.3. The maximum absolute atomic E-state index is 15.4. The molecule has 0 amide bonds. The first-order valence-electron chi connectivity index (χ1n) is 18.7. The molecular weight excluding hydrogens is 726 g/mol. The Hall–Kier alpha value is -7.87. The molecule has 4 nitrogen and oxygen atoms in total. The van der Waals surface area contributed by atoms with Crippen LogP contribution in [0.2, 0.25) is 0 Å². The van der Waals surface area contributed by atoms with Crippen LogP contribution in [0, 0.1) is 22.7 Å². The van der Waals surface area contributed by atoms with Crippen LogP contribution in [0.1, 0.15) is 16.7 Å². The molecule has 2 aromatic heterocycles. The molecule has 0 saturated heterocycles. The first-order chi connectivity index (χ1) is 28.3. The van der Waals surface area contributed by atoms with Crippen LogP contribution in [0.15, 0.2) is 176 Å². The van der Waals surface area contributed by atoms with Crippen LogP contribution in [0.4, 0.5) is 13.2 Å². The monoisotopic (exact) mass is 754 g/mol. The van der Waals surface area contributed by atoms with Gasteiger partial charge in [0.2, 0.25) is 0 Å². The SMILES string of the molecule is N#Cc1cc(-n2c3ccccc3c3cc(-c4ccccc4)ccc32)c(-c2ccc(C#N)cc2C(F)(F)F)c(-n2c3ccccc3c3cc(-c4ccccc4)ccc32)c1. The number of alkyl halides is 3. The van der Waals surface area contributed by atoms with Gasteiger partial charge in [-0.1, -0.05) is 115 Å². The highest BCUT2D eigenvalue weighted by Crippen LogP contribution is 2.47. The van der Waals surface area contributed by atoms with Crippen LogP contribution in [-0.4, -0.2) is 9.13 Å². The molecule has 0 spiro atoms. The van der Waals surface area contributed by atoms with Gasteiger partial charge in [0.05, 0.1) is 62.3 Å². The number of nitriles is 2. The number of aromatic nitrogens is 2. The number of rotatable bonds is 5. The van der Waals surface area contributed by atoms with Crippen LogP contribution in [0.25, 0.3) is 88.4 Å². The maximum Gasteiger partial charge on any atom is 0.417 e. The van der Waals surface area contributed by atoms with Crippen LogP contribution >= 0.6 is 0 Å². The summed E-state index contributed by atoms with van der Waals surface area (Å²) in [5, 5.41) is 24.1. The van der Waals surface area contributed by atoms with Crippen LogP contribution in [-0.2, 0) is 6.18 Å². The minimum Gasteiger partial charge on any atom is -0.308 e. The number of fused-ring (bicyclic) bond motifs is 6. The number of para-hydroxylation sites is 2. The number of halogens is 3. The van der Waals surface area contributed by atoms with Crippen molar-refractivity contribution in [1.29, 1.82) is 10.5 Å². The van der Waals surface area contributed by atoms with Gasteiger partial charge < -0.3 is 9.13 Å². The van der Waals surface area contributed by atoms with Crippen molar-refractivity contribution in [3.8, 4) is 56.9 Å². The average molecular weight is 755 g/mol. The van der Waals surface area contributed by atoms with E-state index in [1.165, 1.54) is 12.1 Å². The maximum atomic E-state index is 15.4. The molecule has 0 saturated carbocycles. The van der Waals surface area contributed by atoms with E-state index >= 15 is 13.2 Å². The number of hydrogen-bond acceptors (Lipinski definition) is 2.